The molecule has 0 aromatic heterocycles. The van der Waals surface area contributed by atoms with Crippen LogP contribution in [0.25, 0.3) is 0 Å². The molecule has 104 valence electrons. The Kier molecular flexibility index (Phi) is 4.31. The van der Waals surface area contributed by atoms with Gasteiger partial charge in [-0.1, -0.05) is 13.8 Å². The van der Waals surface area contributed by atoms with Crippen molar-refractivity contribution in [3.8, 4) is 0 Å². The van der Waals surface area contributed by atoms with Crippen LogP contribution in [0.5, 0.6) is 0 Å². The number of carbonyl (C=O) groups excluding carboxylic acids is 1. The summed E-state index contributed by atoms with van der Waals surface area (Å²) in [5, 5.41) is 3.82. The zero-order valence-electron chi connectivity index (χ0n) is 12.2. The number of hydrogen-bond donors (Lipinski definition) is 1. The van der Waals surface area contributed by atoms with Gasteiger partial charge in [-0.2, -0.15) is 0 Å². The SMILES string of the molecule is CC(=O)N1CCC(NC2CCC(C)(C)CC2)CC1. The van der Waals surface area contributed by atoms with Crippen LogP contribution in [0.3, 0.4) is 0 Å². The van der Waals surface area contributed by atoms with Crippen molar-refractivity contribution in [3.05, 3.63) is 0 Å². The van der Waals surface area contributed by atoms with E-state index in [4.69, 9.17) is 0 Å². The number of likely N-dealkylation sites (tertiary alicyclic amines) is 1. The largest absolute Gasteiger partial charge is 0.343 e. The molecule has 0 unspecified atom stereocenters. The van der Waals surface area contributed by atoms with Crippen LogP contribution in [0.4, 0.5) is 0 Å². The monoisotopic (exact) mass is 252 g/mol. The van der Waals surface area contributed by atoms with Crippen LogP contribution in [0, 0.1) is 5.41 Å². The third-order valence-electron chi connectivity index (χ3n) is 4.75. The van der Waals surface area contributed by atoms with E-state index in [1.807, 2.05) is 4.90 Å². The molecule has 0 radical (unpaired) electrons. The van der Waals surface area contributed by atoms with Crippen LogP contribution in [0.2, 0.25) is 0 Å². The Morgan fingerprint density at radius 2 is 1.56 bits per heavy atom. The van der Waals surface area contributed by atoms with Crippen molar-refractivity contribution in [1.29, 1.82) is 0 Å². The molecule has 1 aliphatic carbocycles. The molecule has 18 heavy (non-hydrogen) atoms. The van der Waals surface area contributed by atoms with E-state index in [-0.39, 0.29) is 5.91 Å². The highest BCUT2D eigenvalue weighted by Gasteiger charge is 2.29. The first-order chi connectivity index (χ1) is 8.46. The third-order valence-corrected chi connectivity index (χ3v) is 4.75. The van der Waals surface area contributed by atoms with E-state index in [9.17, 15) is 4.79 Å². The summed E-state index contributed by atoms with van der Waals surface area (Å²) in [7, 11) is 0. The van der Waals surface area contributed by atoms with Crippen molar-refractivity contribution >= 4 is 5.91 Å². The molecular formula is C15H28N2O. The summed E-state index contributed by atoms with van der Waals surface area (Å²) < 4.78 is 0. The van der Waals surface area contributed by atoms with Gasteiger partial charge in [0, 0.05) is 32.1 Å². The number of piperidine rings is 1. The van der Waals surface area contributed by atoms with E-state index in [0.29, 0.717) is 17.5 Å². The van der Waals surface area contributed by atoms with Crippen LogP contribution in [0.1, 0.15) is 59.3 Å². The fraction of sp³-hybridized carbons (Fsp3) is 0.933. The third kappa shape index (κ3) is 3.71. The van der Waals surface area contributed by atoms with Gasteiger partial charge in [-0.25, -0.2) is 0 Å². The summed E-state index contributed by atoms with van der Waals surface area (Å²) in [5.74, 6) is 0.230. The number of rotatable bonds is 2. The molecule has 0 aromatic carbocycles. The molecule has 0 aromatic rings. The molecule has 1 saturated heterocycles. The molecular weight excluding hydrogens is 224 g/mol. The lowest BCUT2D eigenvalue weighted by Crippen LogP contribution is -2.48. The number of carbonyl (C=O) groups is 1. The second kappa shape index (κ2) is 5.60. The lowest BCUT2D eigenvalue weighted by molar-refractivity contribution is -0.129. The summed E-state index contributed by atoms with van der Waals surface area (Å²) >= 11 is 0. The number of nitrogens with zero attached hydrogens (tertiary/aromatic N) is 1. The maximum Gasteiger partial charge on any atom is 0.219 e. The van der Waals surface area contributed by atoms with Crippen LogP contribution in [0.15, 0.2) is 0 Å². The molecule has 1 saturated carbocycles. The van der Waals surface area contributed by atoms with Gasteiger partial charge >= 0.3 is 0 Å². The van der Waals surface area contributed by atoms with Gasteiger partial charge < -0.3 is 10.2 Å². The second-order valence-electron chi connectivity index (χ2n) is 6.89. The first-order valence-electron chi connectivity index (χ1n) is 7.48. The van der Waals surface area contributed by atoms with Gasteiger partial charge in [0.15, 0.2) is 0 Å². The average molecular weight is 252 g/mol. The summed E-state index contributed by atoms with van der Waals surface area (Å²) in [6.07, 6.45) is 7.58. The number of amides is 1. The average Bonchev–Trinajstić information content (AvgIpc) is 2.33. The Morgan fingerprint density at radius 3 is 2.06 bits per heavy atom. The highest BCUT2D eigenvalue weighted by atomic mass is 16.2. The Hall–Kier alpha value is -0.570. The molecule has 3 heteroatoms. The first kappa shape index (κ1) is 13.9. The van der Waals surface area contributed by atoms with Crippen molar-refractivity contribution in [3.63, 3.8) is 0 Å². The zero-order valence-corrected chi connectivity index (χ0v) is 12.2. The van der Waals surface area contributed by atoms with Gasteiger partial charge in [0.25, 0.3) is 0 Å². The highest BCUT2D eigenvalue weighted by Crippen LogP contribution is 2.35. The van der Waals surface area contributed by atoms with Gasteiger partial charge in [0.05, 0.1) is 0 Å². The van der Waals surface area contributed by atoms with Gasteiger partial charge in [-0.3, -0.25) is 4.79 Å². The molecule has 0 spiro atoms. The maximum absolute atomic E-state index is 11.3. The van der Waals surface area contributed by atoms with Crippen molar-refractivity contribution in [1.82, 2.24) is 10.2 Å². The normalized spacial score (nSPS) is 26.3. The summed E-state index contributed by atoms with van der Waals surface area (Å²) in [4.78, 5) is 13.2. The van der Waals surface area contributed by atoms with E-state index in [0.717, 1.165) is 25.9 Å². The second-order valence-corrected chi connectivity index (χ2v) is 6.89. The molecule has 1 aliphatic heterocycles. The quantitative estimate of drug-likeness (QED) is 0.819. The molecule has 1 N–H and O–H groups in total. The van der Waals surface area contributed by atoms with Crippen molar-refractivity contribution in [2.45, 2.75) is 71.4 Å². The van der Waals surface area contributed by atoms with E-state index >= 15 is 0 Å². The number of hydrogen-bond acceptors (Lipinski definition) is 2. The van der Waals surface area contributed by atoms with Gasteiger partial charge in [-0.15, -0.1) is 0 Å². The molecule has 1 amide bonds. The minimum Gasteiger partial charge on any atom is -0.343 e. The predicted octanol–water partition coefficient (Wildman–Crippen LogP) is 2.56. The molecule has 3 nitrogen and oxygen atoms in total. The molecule has 2 rings (SSSR count). The van der Waals surface area contributed by atoms with Crippen molar-refractivity contribution in [2.75, 3.05) is 13.1 Å². The summed E-state index contributed by atoms with van der Waals surface area (Å²) in [6.45, 7) is 8.32. The van der Waals surface area contributed by atoms with Crippen LogP contribution in [-0.2, 0) is 4.79 Å². The van der Waals surface area contributed by atoms with Crippen LogP contribution in [-0.4, -0.2) is 36.0 Å². The lowest BCUT2D eigenvalue weighted by Gasteiger charge is -2.38. The molecule has 1 heterocycles. The van der Waals surface area contributed by atoms with E-state index in [1.54, 1.807) is 6.92 Å². The fourth-order valence-electron chi connectivity index (χ4n) is 3.26. The summed E-state index contributed by atoms with van der Waals surface area (Å²) in [6, 6.07) is 1.35. The van der Waals surface area contributed by atoms with E-state index in [2.05, 4.69) is 19.2 Å². The smallest absolute Gasteiger partial charge is 0.219 e. The van der Waals surface area contributed by atoms with Crippen LogP contribution >= 0.6 is 0 Å². The number of nitrogens with one attached hydrogen (secondary N) is 1. The van der Waals surface area contributed by atoms with Crippen molar-refractivity contribution in [2.24, 2.45) is 5.41 Å². The highest BCUT2D eigenvalue weighted by molar-refractivity contribution is 5.73. The minimum atomic E-state index is 0.230. The molecule has 0 bridgehead atoms. The topological polar surface area (TPSA) is 32.3 Å². The maximum atomic E-state index is 11.3. The predicted molar refractivity (Wildman–Crippen MR) is 74.4 cm³/mol. The Bertz CT molecular complexity index is 283. The van der Waals surface area contributed by atoms with E-state index < -0.39 is 0 Å². The van der Waals surface area contributed by atoms with Gasteiger partial charge in [-0.05, 0) is 43.9 Å². The molecule has 2 aliphatic rings. The Balaban J connectivity index is 1.71. The standard InChI is InChI=1S/C15H28N2O/c1-12(18)17-10-6-14(7-11-17)16-13-4-8-15(2,3)9-5-13/h13-14,16H,4-11H2,1-3H3. The Morgan fingerprint density at radius 1 is 1.06 bits per heavy atom. The fourth-order valence-corrected chi connectivity index (χ4v) is 3.26. The Labute approximate surface area is 111 Å². The first-order valence-corrected chi connectivity index (χ1v) is 7.48. The minimum absolute atomic E-state index is 0.230. The lowest BCUT2D eigenvalue weighted by atomic mass is 9.75. The zero-order chi connectivity index (χ0) is 13.2. The van der Waals surface area contributed by atoms with Gasteiger partial charge in [0.2, 0.25) is 5.91 Å². The van der Waals surface area contributed by atoms with Crippen LogP contribution < -0.4 is 5.32 Å². The molecule has 0 atom stereocenters. The van der Waals surface area contributed by atoms with E-state index in [1.165, 1.54) is 25.7 Å². The summed E-state index contributed by atoms with van der Waals surface area (Å²) in [5.41, 5.74) is 0.552. The molecule has 2 fully saturated rings. The van der Waals surface area contributed by atoms with Crippen molar-refractivity contribution < 1.29 is 4.79 Å². The van der Waals surface area contributed by atoms with Gasteiger partial charge in [0.1, 0.15) is 0 Å².